The lowest BCUT2D eigenvalue weighted by Gasteiger charge is -1.99. The maximum Gasteiger partial charge on any atom is 0.323 e. The SMILES string of the molecule is O=C(O)Cn1c(O)c(C=CC=C2C=Nc3ccccc32)sc1=S. The number of hydrogen-bond acceptors (Lipinski definition) is 5. The van der Waals surface area contributed by atoms with Gasteiger partial charge in [0.1, 0.15) is 6.54 Å². The summed E-state index contributed by atoms with van der Waals surface area (Å²) in [7, 11) is 0. The van der Waals surface area contributed by atoms with Crippen molar-refractivity contribution < 1.29 is 15.0 Å². The van der Waals surface area contributed by atoms with Crippen molar-refractivity contribution in [2.45, 2.75) is 6.54 Å². The third-order valence-electron chi connectivity index (χ3n) is 3.27. The number of aromatic hydroxyl groups is 1. The molecule has 116 valence electrons. The lowest BCUT2D eigenvalue weighted by molar-refractivity contribution is -0.137. The summed E-state index contributed by atoms with van der Waals surface area (Å²) in [6.07, 6.45) is 7.16. The molecule has 2 aromatic rings. The second-order valence-corrected chi connectivity index (χ2v) is 6.47. The molecule has 0 fully saturated rings. The molecule has 1 aromatic heterocycles. The number of rotatable bonds is 4. The zero-order valence-corrected chi connectivity index (χ0v) is 13.5. The number of aliphatic carboxylic acids is 1. The molecule has 0 saturated carbocycles. The van der Waals surface area contributed by atoms with Gasteiger partial charge in [0.25, 0.3) is 0 Å². The van der Waals surface area contributed by atoms with Crippen LogP contribution < -0.4 is 0 Å². The number of allylic oxidation sites excluding steroid dienone is 3. The summed E-state index contributed by atoms with van der Waals surface area (Å²) in [4.78, 5) is 15.6. The fourth-order valence-corrected chi connectivity index (χ4v) is 3.43. The molecular formula is C16H12N2O3S2. The highest BCUT2D eigenvalue weighted by atomic mass is 32.1. The zero-order chi connectivity index (χ0) is 16.4. The fourth-order valence-electron chi connectivity index (χ4n) is 2.21. The number of carbonyl (C=O) groups is 1. The second kappa shape index (κ2) is 6.31. The normalized spacial score (nSPS) is 14.7. The standard InChI is InChI=1S/C16H12N2O3S2/c19-14(20)9-18-15(21)13(23-16(18)22)7-3-4-10-8-17-12-6-2-1-5-11(10)12/h1-8,21H,9H2,(H,19,20). The first-order valence-electron chi connectivity index (χ1n) is 6.72. The lowest BCUT2D eigenvalue weighted by atomic mass is 10.1. The number of aliphatic imine (C=N–C) groups is 1. The number of hydrogen-bond donors (Lipinski definition) is 2. The van der Waals surface area contributed by atoms with E-state index in [1.165, 1.54) is 15.9 Å². The lowest BCUT2D eigenvalue weighted by Crippen LogP contribution is -2.07. The minimum atomic E-state index is -1.05. The van der Waals surface area contributed by atoms with Gasteiger partial charge in [-0.15, -0.1) is 11.3 Å². The predicted molar refractivity (Wildman–Crippen MR) is 94.0 cm³/mol. The van der Waals surface area contributed by atoms with E-state index >= 15 is 0 Å². The van der Waals surface area contributed by atoms with Crippen LogP contribution in [0.2, 0.25) is 0 Å². The van der Waals surface area contributed by atoms with Crippen LogP contribution in [0.25, 0.3) is 11.6 Å². The van der Waals surface area contributed by atoms with Gasteiger partial charge in [0.2, 0.25) is 5.88 Å². The molecule has 3 rings (SSSR count). The van der Waals surface area contributed by atoms with Gasteiger partial charge in [-0.05, 0) is 24.4 Å². The van der Waals surface area contributed by atoms with Crippen molar-refractivity contribution in [3.8, 4) is 5.88 Å². The fraction of sp³-hybridized carbons (Fsp3) is 0.0625. The van der Waals surface area contributed by atoms with E-state index in [2.05, 4.69) is 4.99 Å². The van der Waals surface area contributed by atoms with Gasteiger partial charge in [0, 0.05) is 17.4 Å². The minimum absolute atomic E-state index is 0.127. The third kappa shape index (κ3) is 3.15. The van der Waals surface area contributed by atoms with Crippen LogP contribution in [0.3, 0.4) is 0 Å². The number of thiazole rings is 1. The molecule has 0 radical (unpaired) electrons. The Bertz CT molecular complexity index is 920. The number of aromatic nitrogens is 1. The maximum absolute atomic E-state index is 10.8. The van der Waals surface area contributed by atoms with Crippen molar-refractivity contribution in [1.82, 2.24) is 4.57 Å². The first kappa shape index (κ1) is 15.4. The highest BCUT2D eigenvalue weighted by molar-refractivity contribution is 7.73. The highest BCUT2D eigenvalue weighted by Crippen LogP contribution is 2.31. The summed E-state index contributed by atoms with van der Waals surface area (Å²) in [5.41, 5.74) is 2.96. The van der Waals surface area contributed by atoms with Crippen molar-refractivity contribution in [3.05, 3.63) is 50.8 Å². The van der Waals surface area contributed by atoms with Gasteiger partial charge in [0.15, 0.2) is 3.95 Å². The van der Waals surface area contributed by atoms with Crippen LogP contribution in [0.15, 0.2) is 41.4 Å². The Balaban J connectivity index is 1.85. The van der Waals surface area contributed by atoms with Gasteiger partial charge in [-0.1, -0.05) is 30.4 Å². The van der Waals surface area contributed by atoms with Crippen LogP contribution in [-0.2, 0) is 11.3 Å². The Morgan fingerprint density at radius 3 is 2.96 bits per heavy atom. The first-order chi connectivity index (χ1) is 11.1. The average Bonchev–Trinajstić information content (AvgIpc) is 3.04. The van der Waals surface area contributed by atoms with E-state index in [-0.39, 0.29) is 12.4 Å². The summed E-state index contributed by atoms with van der Waals surface area (Å²) >= 11 is 6.24. The molecule has 1 aliphatic heterocycles. The molecular weight excluding hydrogens is 332 g/mol. The zero-order valence-electron chi connectivity index (χ0n) is 11.8. The molecule has 1 aromatic carbocycles. The van der Waals surface area contributed by atoms with Gasteiger partial charge in [-0.2, -0.15) is 0 Å². The molecule has 2 N–H and O–H groups in total. The van der Waals surface area contributed by atoms with Crippen LogP contribution in [-0.4, -0.2) is 27.0 Å². The summed E-state index contributed by atoms with van der Waals surface area (Å²) in [5, 5.41) is 18.9. The molecule has 0 spiro atoms. The highest BCUT2D eigenvalue weighted by Gasteiger charge is 2.12. The van der Waals surface area contributed by atoms with E-state index in [0.717, 1.165) is 16.8 Å². The van der Waals surface area contributed by atoms with Crippen LogP contribution in [0, 0.1) is 3.95 Å². The molecule has 2 heterocycles. The van der Waals surface area contributed by atoms with Gasteiger partial charge < -0.3 is 10.2 Å². The molecule has 0 amide bonds. The molecule has 0 saturated heterocycles. The van der Waals surface area contributed by atoms with Crippen molar-refractivity contribution >= 4 is 53.1 Å². The summed E-state index contributed by atoms with van der Waals surface area (Å²) in [6, 6.07) is 7.83. The Morgan fingerprint density at radius 1 is 1.39 bits per heavy atom. The topological polar surface area (TPSA) is 74.8 Å². The van der Waals surface area contributed by atoms with Crippen LogP contribution in [0.1, 0.15) is 10.4 Å². The van der Waals surface area contributed by atoms with Gasteiger partial charge in [-0.3, -0.25) is 14.4 Å². The average molecular weight is 344 g/mol. The Kier molecular flexibility index (Phi) is 4.22. The van der Waals surface area contributed by atoms with E-state index in [1.807, 2.05) is 30.3 Å². The third-order valence-corrected chi connectivity index (χ3v) is 4.67. The Hall–Kier alpha value is -2.51. The first-order valence-corrected chi connectivity index (χ1v) is 7.95. The van der Waals surface area contributed by atoms with Crippen molar-refractivity contribution in [2.75, 3.05) is 0 Å². The summed E-state index contributed by atoms with van der Waals surface area (Å²) < 4.78 is 1.52. The van der Waals surface area contributed by atoms with Crippen LogP contribution in [0.5, 0.6) is 5.88 Å². The van der Waals surface area contributed by atoms with Crippen molar-refractivity contribution in [1.29, 1.82) is 0 Å². The molecule has 0 aliphatic carbocycles. The van der Waals surface area contributed by atoms with Crippen LogP contribution in [0.4, 0.5) is 5.69 Å². The quantitative estimate of drug-likeness (QED) is 0.825. The number of benzene rings is 1. The van der Waals surface area contributed by atoms with Crippen LogP contribution >= 0.6 is 23.6 Å². The number of nitrogens with zero attached hydrogens (tertiary/aromatic N) is 2. The van der Waals surface area contributed by atoms with E-state index in [4.69, 9.17) is 17.3 Å². The van der Waals surface area contributed by atoms with E-state index in [9.17, 15) is 9.90 Å². The molecule has 0 atom stereocenters. The van der Waals surface area contributed by atoms with Gasteiger partial charge >= 0.3 is 5.97 Å². The largest absolute Gasteiger partial charge is 0.493 e. The number of carboxylic acids is 1. The predicted octanol–water partition coefficient (Wildman–Crippen LogP) is 3.88. The number of fused-ring (bicyclic) bond motifs is 1. The molecule has 23 heavy (non-hydrogen) atoms. The van der Waals surface area contributed by atoms with Gasteiger partial charge in [-0.25, -0.2) is 0 Å². The summed E-state index contributed by atoms with van der Waals surface area (Å²) in [6.45, 7) is -0.351. The van der Waals surface area contributed by atoms with Gasteiger partial charge in [0.05, 0.1) is 10.6 Å². The second-order valence-electron chi connectivity index (χ2n) is 4.79. The van der Waals surface area contributed by atoms with Crippen molar-refractivity contribution in [2.24, 2.45) is 4.99 Å². The van der Waals surface area contributed by atoms with E-state index in [0.29, 0.717) is 8.83 Å². The van der Waals surface area contributed by atoms with E-state index < -0.39 is 5.97 Å². The molecule has 1 aliphatic rings. The van der Waals surface area contributed by atoms with E-state index in [1.54, 1.807) is 18.4 Å². The Morgan fingerprint density at radius 2 is 2.17 bits per heavy atom. The summed E-state index contributed by atoms with van der Waals surface area (Å²) in [5.74, 6) is -1.18. The minimum Gasteiger partial charge on any atom is -0.493 e. The monoisotopic (exact) mass is 344 g/mol. The smallest absolute Gasteiger partial charge is 0.323 e. The number of carboxylic acid groups (broad SMARTS) is 1. The Labute approximate surface area is 141 Å². The molecule has 0 bridgehead atoms. The maximum atomic E-state index is 10.8. The number of para-hydroxylation sites is 1. The molecule has 7 heteroatoms. The van der Waals surface area contributed by atoms with Crippen molar-refractivity contribution in [3.63, 3.8) is 0 Å². The molecule has 0 unspecified atom stereocenters. The molecule has 5 nitrogen and oxygen atoms in total.